The molecule has 0 aliphatic heterocycles. The molecule has 2 aromatic carbocycles. The minimum absolute atomic E-state index is 0.307. The summed E-state index contributed by atoms with van der Waals surface area (Å²) >= 11 is 0. The molecule has 0 aliphatic carbocycles. The van der Waals surface area contributed by atoms with E-state index in [4.69, 9.17) is 9.47 Å². The van der Waals surface area contributed by atoms with Crippen LogP contribution in [0.25, 0.3) is 0 Å². The van der Waals surface area contributed by atoms with Crippen molar-refractivity contribution in [3.05, 3.63) is 53.1 Å². The molecule has 0 bridgehead atoms. The lowest BCUT2D eigenvalue weighted by atomic mass is 10.0. The van der Waals surface area contributed by atoms with Crippen LogP contribution in [0.5, 0.6) is 17.2 Å². The second kappa shape index (κ2) is 9.18. The van der Waals surface area contributed by atoms with E-state index in [9.17, 15) is 5.11 Å². The lowest BCUT2D eigenvalue weighted by Crippen LogP contribution is -2.18. The van der Waals surface area contributed by atoms with Crippen molar-refractivity contribution in [2.75, 3.05) is 20.8 Å². The van der Waals surface area contributed by atoms with Gasteiger partial charge in [0.15, 0.2) is 11.5 Å². The number of aromatic hydroxyl groups is 1. The molecule has 0 aliphatic rings. The monoisotopic (exact) mass is 329 g/mol. The number of phenols is 1. The number of ether oxygens (including phenoxy) is 2. The van der Waals surface area contributed by atoms with Gasteiger partial charge in [-0.25, -0.2) is 0 Å². The van der Waals surface area contributed by atoms with Crippen LogP contribution in [0.3, 0.4) is 0 Å². The van der Waals surface area contributed by atoms with Gasteiger partial charge in [0, 0.05) is 12.1 Å². The molecule has 0 heterocycles. The Kier molecular flexibility index (Phi) is 6.94. The predicted molar refractivity (Wildman–Crippen MR) is 97.1 cm³/mol. The van der Waals surface area contributed by atoms with Crippen LogP contribution in [0, 0.1) is 0 Å². The van der Waals surface area contributed by atoms with Crippen molar-refractivity contribution in [3.63, 3.8) is 0 Å². The smallest absolute Gasteiger partial charge is 0.164 e. The minimum Gasteiger partial charge on any atom is -0.508 e. The Labute approximate surface area is 144 Å². The summed E-state index contributed by atoms with van der Waals surface area (Å²) in [7, 11) is 3.36. The lowest BCUT2D eigenvalue weighted by molar-refractivity contribution is 0.350. The van der Waals surface area contributed by atoms with E-state index in [-0.39, 0.29) is 0 Å². The van der Waals surface area contributed by atoms with Gasteiger partial charge in [-0.1, -0.05) is 31.5 Å². The Balaban J connectivity index is 1.99. The molecule has 2 aromatic rings. The number of methoxy groups -OCH3 is 2. The molecule has 0 atom stereocenters. The van der Waals surface area contributed by atoms with Gasteiger partial charge >= 0.3 is 0 Å². The molecule has 0 amide bonds. The van der Waals surface area contributed by atoms with Crippen LogP contribution in [0.1, 0.15) is 30.0 Å². The van der Waals surface area contributed by atoms with Gasteiger partial charge in [-0.05, 0) is 48.7 Å². The summed E-state index contributed by atoms with van der Waals surface area (Å²) in [5.74, 6) is 1.94. The van der Waals surface area contributed by atoms with Crippen molar-refractivity contribution in [1.29, 1.82) is 0 Å². The van der Waals surface area contributed by atoms with Crippen LogP contribution >= 0.6 is 0 Å². The van der Waals surface area contributed by atoms with Crippen LogP contribution < -0.4 is 14.8 Å². The summed E-state index contributed by atoms with van der Waals surface area (Å²) in [4.78, 5) is 0. The van der Waals surface area contributed by atoms with E-state index >= 15 is 0 Å². The molecule has 0 spiro atoms. The topological polar surface area (TPSA) is 50.7 Å². The molecule has 0 saturated carbocycles. The number of benzene rings is 2. The molecule has 0 aromatic heterocycles. The quantitative estimate of drug-likeness (QED) is 0.689. The van der Waals surface area contributed by atoms with Crippen molar-refractivity contribution < 1.29 is 14.6 Å². The van der Waals surface area contributed by atoms with Crippen molar-refractivity contribution in [2.24, 2.45) is 0 Å². The molecule has 4 heteroatoms. The Bertz CT molecular complexity index is 638. The summed E-state index contributed by atoms with van der Waals surface area (Å²) in [6.07, 6.45) is 2.95. The van der Waals surface area contributed by atoms with Crippen LogP contribution in [0.15, 0.2) is 36.4 Å². The molecule has 0 unspecified atom stereocenters. The first-order chi connectivity index (χ1) is 11.7. The molecule has 2 rings (SSSR count). The highest BCUT2D eigenvalue weighted by atomic mass is 16.5. The highest BCUT2D eigenvalue weighted by Gasteiger charge is 2.13. The van der Waals surface area contributed by atoms with E-state index in [0.717, 1.165) is 43.9 Å². The maximum atomic E-state index is 9.31. The van der Waals surface area contributed by atoms with E-state index in [2.05, 4.69) is 18.3 Å². The largest absolute Gasteiger partial charge is 0.508 e. The number of hydrogen-bond acceptors (Lipinski definition) is 4. The Morgan fingerprint density at radius 1 is 0.958 bits per heavy atom. The fourth-order valence-corrected chi connectivity index (χ4v) is 2.84. The van der Waals surface area contributed by atoms with Gasteiger partial charge in [0.25, 0.3) is 0 Å². The van der Waals surface area contributed by atoms with Crippen molar-refractivity contribution in [2.45, 2.75) is 32.7 Å². The fraction of sp³-hybridized carbons (Fsp3) is 0.400. The zero-order valence-electron chi connectivity index (χ0n) is 14.8. The second-order valence-corrected chi connectivity index (χ2v) is 5.78. The average Bonchev–Trinajstić information content (AvgIpc) is 2.61. The third kappa shape index (κ3) is 4.65. The SMILES string of the molecule is CCCc1c(CNCCc2ccc(O)cc2)ccc(OC)c1OC. The van der Waals surface area contributed by atoms with Crippen molar-refractivity contribution >= 4 is 0 Å². The average molecular weight is 329 g/mol. The summed E-state index contributed by atoms with van der Waals surface area (Å²) in [6, 6.07) is 11.4. The third-order valence-corrected chi connectivity index (χ3v) is 4.09. The third-order valence-electron chi connectivity index (χ3n) is 4.09. The molecule has 4 nitrogen and oxygen atoms in total. The van der Waals surface area contributed by atoms with Gasteiger partial charge in [-0.3, -0.25) is 0 Å². The normalized spacial score (nSPS) is 10.6. The maximum Gasteiger partial charge on any atom is 0.164 e. The van der Waals surface area contributed by atoms with Gasteiger partial charge in [-0.2, -0.15) is 0 Å². The zero-order valence-corrected chi connectivity index (χ0v) is 14.8. The first-order valence-electron chi connectivity index (χ1n) is 8.41. The highest BCUT2D eigenvalue weighted by Crippen LogP contribution is 2.34. The second-order valence-electron chi connectivity index (χ2n) is 5.78. The number of phenolic OH excluding ortho intramolecular Hbond substituents is 1. The van der Waals surface area contributed by atoms with Crippen molar-refractivity contribution in [3.8, 4) is 17.2 Å². The van der Waals surface area contributed by atoms with Gasteiger partial charge in [0.05, 0.1) is 14.2 Å². The summed E-state index contributed by atoms with van der Waals surface area (Å²) in [5, 5.41) is 12.8. The van der Waals surface area contributed by atoms with Gasteiger partial charge in [0.2, 0.25) is 0 Å². The summed E-state index contributed by atoms with van der Waals surface area (Å²) < 4.78 is 11.0. The van der Waals surface area contributed by atoms with E-state index in [1.165, 1.54) is 16.7 Å². The van der Waals surface area contributed by atoms with Crippen LogP contribution in [0.4, 0.5) is 0 Å². The lowest BCUT2D eigenvalue weighted by Gasteiger charge is -2.17. The number of rotatable bonds is 9. The number of nitrogens with one attached hydrogen (secondary N) is 1. The predicted octanol–water partition coefficient (Wildman–Crippen LogP) is 3.69. The molecule has 0 radical (unpaired) electrons. The maximum absolute atomic E-state index is 9.31. The first kappa shape index (κ1) is 18.1. The summed E-state index contributed by atoms with van der Waals surface area (Å²) in [5.41, 5.74) is 3.68. The molecular weight excluding hydrogens is 302 g/mol. The highest BCUT2D eigenvalue weighted by molar-refractivity contribution is 5.51. The van der Waals surface area contributed by atoms with Gasteiger partial charge < -0.3 is 19.9 Å². The Morgan fingerprint density at radius 3 is 2.33 bits per heavy atom. The Hall–Kier alpha value is -2.20. The van der Waals surface area contributed by atoms with E-state index in [0.29, 0.717) is 5.75 Å². The standard InChI is InChI=1S/C20H27NO3/c1-4-5-18-16(8-11-19(23-2)20(18)24-3)14-21-13-12-15-6-9-17(22)10-7-15/h6-11,21-22H,4-5,12-14H2,1-3H3. The zero-order chi connectivity index (χ0) is 17.4. The van der Waals surface area contributed by atoms with Crippen LogP contribution in [0.2, 0.25) is 0 Å². The molecule has 24 heavy (non-hydrogen) atoms. The van der Waals surface area contributed by atoms with Gasteiger partial charge in [0.1, 0.15) is 5.75 Å². The summed E-state index contributed by atoms with van der Waals surface area (Å²) in [6.45, 7) is 3.85. The van der Waals surface area contributed by atoms with E-state index < -0.39 is 0 Å². The molecule has 0 fully saturated rings. The first-order valence-corrected chi connectivity index (χ1v) is 8.41. The van der Waals surface area contributed by atoms with E-state index in [1.807, 2.05) is 18.2 Å². The number of hydrogen-bond donors (Lipinski definition) is 2. The molecule has 130 valence electrons. The van der Waals surface area contributed by atoms with Gasteiger partial charge in [-0.15, -0.1) is 0 Å². The van der Waals surface area contributed by atoms with Crippen molar-refractivity contribution in [1.82, 2.24) is 5.32 Å². The molecule has 2 N–H and O–H groups in total. The minimum atomic E-state index is 0.307. The van der Waals surface area contributed by atoms with Crippen LogP contribution in [-0.4, -0.2) is 25.9 Å². The molecular formula is C20H27NO3. The molecule has 0 saturated heterocycles. The Morgan fingerprint density at radius 2 is 1.71 bits per heavy atom. The van der Waals surface area contributed by atoms with Crippen LogP contribution in [-0.2, 0) is 19.4 Å². The fourth-order valence-electron chi connectivity index (χ4n) is 2.84. The van der Waals surface area contributed by atoms with E-state index in [1.54, 1.807) is 26.4 Å².